The van der Waals surface area contributed by atoms with Gasteiger partial charge in [0.25, 0.3) is 0 Å². The molecule has 2 aliphatic rings. The second-order valence-corrected chi connectivity index (χ2v) is 7.87. The van der Waals surface area contributed by atoms with E-state index in [0.717, 1.165) is 25.9 Å². The third-order valence-electron chi connectivity index (χ3n) is 5.01. The Balaban J connectivity index is 2.18. The normalized spacial score (nSPS) is 35.2. The van der Waals surface area contributed by atoms with Crippen molar-refractivity contribution in [3.8, 4) is 0 Å². The first-order valence-electron chi connectivity index (χ1n) is 8.58. The van der Waals surface area contributed by atoms with Crippen LogP contribution in [-0.4, -0.2) is 54.1 Å². The van der Waals surface area contributed by atoms with Gasteiger partial charge in [-0.15, -0.1) is 0 Å². The van der Waals surface area contributed by atoms with Crippen molar-refractivity contribution < 1.29 is 4.79 Å². The van der Waals surface area contributed by atoms with Crippen LogP contribution in [0, 0.1) is 17.8 Å². The summed E-state index contributed by atoms with van der Waals surface area (Å²) in [6, 6.07) is 0.398. The van der Waals surface area contributed by atoms with Crippen LogP contribution in [0.2, 0.25) is 0 Å². The monoisotopic (exact) mass is 295 g/mol. The van der Waals surface area contributed by atoms with E-state index in [4.69, 9.17) is 0 Å². The minimum Gasteiger partial charge on any atom is -0.322 e. The fourth-order valence-electron chi connectivity index (χ4n) is 3.93. The van der Waals surface area contributed by atoms with E-state index < -0.39 is 0 Å². The van der Waals surface area contributed by atoms with Gasteiger partial charge in [0.05, 0.1) is 12.2 Å². The van der Waals surface area contributed by atoms with Gasteiger partial charge < -0.3 is 9.80 Å². The minimum atomic E-state index is 0.000561. The molecule has 0 aromatic rings. The summed E-state index contributed by atoms with van der Waals surface area (Å²) in [7, 11) is 2.18. The van der Waals surface area contributed by atoms with Crippen LogP contribution in [0.3, 0.4) is 0 Å². The zero-order valence-corrected chi connectivity index (χ0v) is 14.6. The predicted molar refractivity (Wildman–Crippen MR) is 86.9 cm³/mol. The van der Waals surface area contributed by atoms with Crippen LogP contribution in [0.5, 0.6) is 0 Å². The molecule has 0 aromatic heterocycles. The number of carbonyl (C=O) groups excluding carboxylic acids is 1. The van der Waals surface area contributed by atoms with Crippen molar-refractivity contribution in [1.82, 2.24) is 15.1 Å². The molecule has 2 fully saturated rings. The summed E-state index contributed by atoms with van der Waals surface area (Å²) in [4.78, 5) is 17.5. The van der Waals surface area contributed by atoms with Gasteiger partial charge in [0.15, 0.2) is 0 Å². The van der Waals surface area contributed by atoms with Crippen LogP contribution in [0.25, 0.3) is 0 Å². The van der Waals surface area contributed by atoms with Crippen molar-refractivity contribution in [3.05, 3.63) is 0 Å². The maximum atomic E-state index is 12.9. The molecule has 0 radical (unpaired) electrons. The molecule has 21 heavy (non-hydrogen) atoms. The van der Waals surface area contributed by atoms with Crippen molar-refractivity contribution in [2.24, 2.45) is 17.8 Å². The number of rotatable bonds is 4. The van der Waals surface area contributed by atoms with Crippen molar-refractivity contribution in [1.29, 1.82) is 0 Å². The molecule has 0 aliphatic carbocycles. The van der Waals surface area contributed by atoms with E-state index in [1.165, 1.54) is 0 Å². The zero-order chi connectivity index (χ0) is 15.7. The predicted octanol–water partition coefficient (Wildman–Crippen LogP) is 2.16. The standard InChI is InChI=1S/C17H33N3O/c1-11(2)9-15-18-16(12(3)4)17(21)20(15)14-7-8-19(6)10-13(14)5/h11-16,18H,7-10H2,1-6H3. The van der Waals surface area contributed by atoms with E-state index in [1.807, 2.05) is 0 Å². The Morgan fingerprint density at radius 3 is 2.48 bits per heavy atom. The average molecular weight is 295 g/mol. The molecular weight excluding hydrogens is 262 g/mol. The largest absolute Gasteiger partial charge is 0.322 e. The highest BCUT2D eigenvalue weighted by atomic mass is 16.2. The molecular formula is C17H33N3O. The van der Waals surface area contributed by atoms with Crippen LogP contribution in [0.1, 0.15) is 47.5 Å². The number of piperidine rings is 1. The lowest BCUT2D eigenvalue weighted by molar-refractivity contribution is -0.135. The average Bonchev–Trinajstić information content (AvgIpc) is 2.66. The smallest absolute Gasteiger partial charge is 0.241 e. The first kappa shape index (κ1) is 16.8. The fraction of sp³-hybridized carbons (Fsp3) is 0.941. The SMILES string of the molecule is CC(C)CC1NC(C(C)C)C(=O)N1C1CCN(C)CC1C. The second kappa shape index (κ2) is 6.66. The number of amides is 1. The molecule has 2 saturated heterocycles. The third-order valence-corrected chi connectivity index (χ3v) is 5.01. The number of nitrogens with one attached hydrogen (secondary N) is 1. The van der Waals surface area contributed by atoms with E-state index in [1.54, 1.807) is 0 Å². The van der Waals surface area contributed by atoms with Crippen molar-refractivity contribution >= 4 is 5.91 Å². The van der Waals surface area contributed by atoms with Gasteiger partial charge in [-0.1, -0.05) is 34.6 Å². The Bertz CT molecular complexity index is 369. The summed E-state index contributed by atoms with van der Waals surface area (Å²) in [6.45, 7) is 13.3. The lowest BCUT2D eigenvalue weighted by atomic mass is 9.91. The molecule has 1 amide bonds. The molecule has 0 bridgehead atoms. The van der Waals surface area contributed by atoms with Gasteiger partial charge in [-0.2, -0.15) is 0 Å². The van der Waals surface area contributed by atoms with E-state index in [-0.39, 0.29) is 12.2 Å². The van der Waals surface area contributed by atoms with Crippen LogP contribution in [-0.2, 0) is 4.79 Å². The van der Waals surface area contributed by atoms with Crippen molar-refractivity contribution in [3.63, 3.8) is 0 Å². The highest BCUT2D eigenvalue weighted by molar-refractivity contribution is 5.85. The summed E-state index contributed by atoms with van der Waals surface area (Å²) in [5, 5.41) is 3.61. The third kappa shape index (κ3) is 3.59. The Hall–Kier alpha value is -0.610. The van der Waals surface area contributed by atoms with Crippen LogP contribution < -0.4 is 5.32 Å². The van der Waals surface area contributed by atoms with Crippen molar-refractivity contribution in [2.75, 3.05) is 20.1 Å². The Morgan fingerprint density at radius 1 is 1.29 bits per heavy atom. The van der Waals surface area contributed by atoms with Crippen LogP contribution in [0.15, 0.2) is 0 Å². The first-order valence-corrected chi connectivity index (χ1v) is 8.58. The highest BCUT2D eigenvalue weighted by Gasteiger charge is 2.45. The summed E-state index contributed by atoms with van der Waals surface area (Å²) in [5.74, 6) is 1.84. The number of carbonyl (C=O) groups is 1. The summed E-state index contributed by atoms with van der Waals surface area (Å²) in [5.41, 5.74) is 0. The Morgan fingerprint density at radius 2 is 1.95 bits per heavy atom. The number of likely N-dealkylation sites (tertiary alicyclic amines) is 1. The maximum Gasteiger partial charge on any atom is 0.241 e. The first-order chi connectivity index (χ1) is 9.81. The van der Waals surface area contributed by atoms with Gasteiger partial charge >= 0.3 is 0 Å². The molecule has 4 unspecified atom stereocenters. The van der Waals surface area contributed by atoms with Gasteiger partial charge in [-0.3, -0.25) is 10.1 Å². The summed E-state index contributed by atoms with van der Waals surface area (Å²) in [6.07, 6.45) is 2.37. The molecule has 4 heteroatoms. The minimum absolute atomic E-state index is 0.000561. The lowest BCUT2D eigenvalue weighted by Crippen LogP contribution is -2.53. The zero-order valence-electron chi connectivity index (χ0n) is 14.6. The molecule has 1 N–H and O–H groups in total. The van der Waals surface area contributed by atoms with E-state index in [9.17, 15) is 4.79 Å². The van der Waals surface area contributed by atoms with Gasteiger partial charge in [-0.25, -0.2) is 0 Å². The molecule has 0 aromatic carbocycles. The maximum absolute atomic E-state index is 12.9. The second-order valence-electron chi connectivity index (χ2n) is 7.87. The molecule has 0 saturated carbocycles. The summed E-state index contributed by atoms with van der Waals surface area (Å²) >= 11 is 0. The topological polar surface area (TPSA) is 35.6 Å². The molecule has 122 valence electrons. The van der Waals surface area contributed by atoms with Gasteiger partial charge in [-0.05, 0) is 44.2 Å². The highest BCUT2D eigenvalue weighted by Crippen LogP contribution is 2.30. The van der Waals surface area contributed by atoms with E-state index >= 15 is 0 Å². The van der Waals surface area contributed by atoms with Gasteiger partial charge in [0, 0.05) is 12.6 Å². The van der Waals surface area contributed by atoms with E-state index in [2.05, 4.69) is 56.8 Å². The molecule has 2 heterocycles. The van der Waals surface area contributed by atoms with Crippen LogP contribution in [0.4, 0.5) is 0 Å². The fourth-order valence-corrected chi connectivity index (χ4v) is 3.93. The van der Waals surface area contributed by atoms with E-state index in [0.29, 0.717) is 29.7 Å². The molecule has 4 atom stereocenters. The van der Waals surface area contributed by atoms with Crippen LogP contribution >= 0.6 is 0 Å². The van der Waals surface area contributed by atoms with Gasteiger partial charge in [0.2, 0.25) is 5.91 Å². The molecule has 2 aliphatic heterocycles. The Kier molecular flexibility index (Phi) is 5.31. The molecule has 0 spiro atoms. The van der Waals surface area contributed by atoms with Crippen molar-refractivity contribution in [2.45, 2.75) is 65.7 Å². The number of hydrogen-bond donors (Lipinski definition) is 1. The van der Waals surface area contributed by atoms with Gasteiger partial charge in [0.1, 0.15) is 0 Å². The molecule has 2 rings (SSSR count). The quantitative estimate of drug-likeness (QED) is 0.863. The number of hydrogen-bond acceptors (Lipinski definition) is 3. The number of nitrogens with zero attached hydrogens (tertiary/aromatic N) is 2. The summed E-state index contributed by atoms with van der Waals surface area (Å²) < 4.78 is 0. The lowest BCUT2D eigenvalue weighted by Gasteiger charge is -2.42. The molecule has 4 nitrogen and oxygen atoms in total. The Labute approximate surface area is 130 Å².